The summed E-state index contributed by atoms with van der Waals surface area (Å²) >= 11 is 5.64. The summed E-state index contributed by atoms with van der Waals surface area (Å²) in [4.78, 5) is 22.1. The first-order chi connectivity index (χ1) is 11.9. The number of carbonyl (C=O) groups excluding carboxylic acids is 1. The molecule has 0 spiro atoms. The van der Waals surface area contributed by atoms with Gasteiger partial charge in [-0.25, -0.2) is 9.18 Å². The smallest absolute Gasteiger partial charge is 0.411 e. The first kappa shape index (κ1) is 18.7. The van der Waals surface area contributed by atoms with Crippen molar-refractivity contribution < 1.29 is 18.8 Å². The number of nitro benzene ring substituents is 1. The fraction of sp³-hybridized carbons (Fsp3) is 0.235. The summed E-state index contributed by atoms with van der Waals surface area (Å²) in [5.41, 5.74) is 1.26. The number of hydrogen-bond acceptors (Lipinski definition) is 4. The van der Waals surface area contributed by atoms with Crippen LogP contribution in [0, 0.1) is 15.9 Å². The van der Waals surface area contributed by atoms with Crippen LogP contribution in [0.5, 0.6) is 0 Å². The highest BCUT2D eigenvalue weighted by Crippen LogP contribution is 2.26. The molecule has 0 aliphatic carbocycles. The minimum Gasteiger partial charge on any atom is -0.450 e. The zero-order chi connectivity index (χ0) is 18.4. The number of hydrogen-bond donors (Lipinski definition) is 1. The maximum Gasteiger partial charge on any atom is 0.411 e. The minimum absolute atomic E-state index is 0.0498. The molecule has 2 rings (SSSR count). The fourth-order valence-corrected chi connectivity index (χ4v) is 2.37. The van der Waals surface area contributed by atoms with E-state index in [1.54, 1.807) is 19.1 Å². The molecule has 0 atom stereocenters. The van der Waals surface area contributed by atoms with Crippen molar-refractivity contribution in [2.75, 3.05) is 11.9 Å². The van der Waals surface area contributed by atoms with Crippen LogP contribution in [0.2, 0.25) is 5.02 Å². The predicted octanol–water partition coefficient (Wildman–Crippen LogP) is 4.74. The van der Waals surface area contributed by atoms with E-state index in [-0.39, 0.29) is 23.0 Å². The number of carbonyl (C=O) groups is 1. The van der Waals surface area contributed by atoms with Crippen molar-refractivity contribution in [2.45, 2.75) is 19.8 Å². The second kappa shape index (κ2) is 8.43. The van der Waals surface area contributed by atoms with Gasteiger partial charge in [0, 0.05) is 6.07 Å². The molecule has 0 saturated carbocycles. The Balaban J connectivity index is 2.13. The molecule has 0 bridgehead atoms. The maximum absolute atomic E-state index is 13.4. The Morgan fingerprint density at radius 1 is 1.24 bits per heavy atom. The van der Waals surface area contributed by atoms with E-state index in [1.807, 2.05) is 0 Å². The van der Waals surface area contributed by atoms with E-state index in [2.05, 4.69) is 5.32 Å². The molecule has 25 heavy (non-hydrogen) atoms. The third kappa shape index (κ3) is 5.15. The highest BCUT2D eigenvalue weighted by Gasteiger charge is 2.17. The van der Waals surface area contributed by atoms with E-state index < -0.39 is 16.8 Å². The number of halogens is 2. The van der Waals surface area contributed by atoms with Gasteiger partial charge in [0.25, 0.3) is 5.69 Å². The molecule has 6 nitrogen and oxygen atoms in total. The summed E-state index contributed by atoms with van der Waals surface area (Å²) in [6.07, 6.45) is 0.215. The SMILES string of the molecule is CCOC(=O)Nc1ccc(CCc2ccc(Cl)c(F)c2)cc1[N+](=O)[O-]. The number of benzene rings is 2. The van der Waals surface area contributed by atoms with Gasteiger partial charge in [0.05, 0.1) is 16.6 Å². The van der Waals surface area contributed by atoms with Gasteiger partial charge < -0.3 is 4.74 Å². The average Bonchev–Trinajstić information content (AvgIpc) is 2.57. The van der Waals surface area contributed by atoms with E-state index in [1.165, 1.54) is 24.3 Å². The Bertz CT molecular complexity index is 798. The number of nitro groups is 1. The summed E-state index contributed by atoms with van der Waals surface area (Å²) in [5, 5.41) is 13.6. The van der Waals surface area contributed by atoms with E-state index >= 15 is 0 Å². The molecule has 0 aromatic heterocycles. The molecule has 0 heterocycles. The number of amides is 1. The molecular formula is C17H16ClFN2O4. The Morgan fingerprint density at radius 3 is 2.48 bits per heavy atom. The van der Waals surface area contributed by atoms with Crippen molar-refractivity contribution in [1.82, 2.24) is 0 Å². The Kier molecular flexibility index (Phi) is 6.30. The first-order valence-corrected chi connectivity index (χ1v) is 7.93. The molecule has 0 unspecified atom stereocenters. The summed E-state index contributed by atoms with van der Waals surface area (Å²) < 4.78 is 18.2. The van der Waals surface area contributed by atoms with Crippen LogP contribution in [0.4, 0.5) is 20.6 Å². The van der Waals surface area contributed by atoms with Crippen LogP contribution in [-0.4, -0.2) is 17.6 Å². The van der Waals surface area contributed by atoms with Crippen molar-refractivity contribution in [3.8, 4) is 0 Å². The van der Waals surface area contributed by atoms with E-state index in [0.717, 1.165) is 5.56 Å². The normalized spacial score (nSPS) is 10.4. The van der Waals surface area contributed by atoms with Crippen LogP contribution in [0.25, 0.3) is 0 Å². The lowest BCUT2D eigenvalue weighted by molar-refractivity contribution is -0.384. The van der Waals surface area contributed by atoms with Gasteiger partial charge in [0.15, 0.2) is 0 Å². The second-order valence-electron chi connectivity index (χ2n) is 5.20. The number of anilines is 1. The lowest BCUT2D eigenvalue weighted by Gasteiger charge is -2.08. The highest BCUT2D eigenvalue weighted by atomic mass is 35.5. The fourth-order valence-electron chi connectivity index (χ4n) is 2.25. The van der Waals surface area contributed by atoms with Crippen molar-refractivity contribution in [3.05, 3.63) is 68.5 Å². The van der Waals surface area contributed by atoms with Gasteiger partial charge >= 0.3 is 6.09 Å². The number of nitrogens with one attached hydrogen (secondary N) is 1. The molecule has 1 N–H and O–H groups in total. The quantitative estimate of drug-likeness (QED) is 0.591. The number of nitrogens with zero attached hydrogens (tertiary/aromatic N) is 1. The monoisotopic (exact) mass is 366 g/mol. The summed E-state index contributed by atoms with van der Waals surface area (Å²) in [5.74, 6) is -0.501. The van der Waals surface area contributed by atoms with Crippen LogP contribution < -0.4 is 5.32 Å². The Hall–Kier alpha value is -2.67. The molecule has 0 saturated heterocycles. The summed E-state index contributed by atoms with van der Waals surface area (Å²) in [7, 11) is 0. The van der Waals surface area contributed by atoms with Gasteiger partial charge in [-0.3, -0.25) is 15.4 Å². The second-order valence-corrected chi connectivity index (χ2v) is 5.61. The van der Waals surface area contributed by atoms with E-state index in [0.29, 0.717) is 18.4 Å². The predicted molar refractivity (Wildman–Crippen MR) is 92.6 cm³/mol. The van der Waals surface area contributed by atoms with Crippen LogP contribution in [0.3, 0.4) is 0 Å². The molecule has 8 heteroatoms. The maximum atomic E-state index is 13.4. The molecule has 2 aromatic rings. The topological polar surface area (TPSA) is 81.5 Å². The van der Waals surface area contributed by atoms with Gasteiger partial charge in [0.2, 0.25) is 0 Å². The van der Waals surface area contributed by atoms with Crippen molar-refractivity contribution in [2.24, 2.45) is 0 Å². The largest absolute Gasteiger partial charge is 0.450 e. The standard InChI is InChI=1S/C17H16ClFN2O4/c1-2-25-17(22)20-15-8-6-12(10-16(15)21(23)24)4-3-11-5-7-13(18)14(19)9-11/h5-10H,2-4H2,1H3,(H,20,22). The van der Waals surface area contributed by atoms with Crippen molar-refractivity contribution >= 4 is 29.1 Å². The third-order valence-corrected chi connectivity index (χ3v) is 3.76. The molecule has 1 amide bonds. The van der Waals surface area contributed by atoms with Crippen molar-refractivity contribution in [3.63, 3.8) is 0 Å². The lowest BCUT2D eigenvalue weighted by Crippen LogP contribution is -2.14. The Labute approximate surface area is 148 Å². The van der Waals surface area contributed by atoms with Crippen LogP contribution in [-0.2, 0) is 17.6 Å². The van der Waals surface area contributed by atoms with Gasteiger partial charge in [-0.15, -0.1) is 0 Å². The van der Waals surface area contributed by atoms with E-state index in [9.17, 15) is 19.3 Å². The summed E-state index contributed by atoms with van der Waals surface area (Å²) in [6, 6.07) is 9.02. The van der Waals surface area contributed by atoms with Crippen LogP contribution in [0.1, 0.15) is 18.1 Å². The van der Waals surface area contributed by atoms with Crippen LogP contribution in [0.15, 0.2) is 36.4 Å². The van der Waals surface area contributed by atoms with Crippen molar-refractivity contribution in [1.29, 1.82) is 0 Å². The molecule has 2 aromatic carbocycles. The number of rotatable bonds is 6. The van der Waals surface area contributed by atoms with Gasteiger partial charge in [-0.1, -0.05) is 23.7 Å². The molecule has 0 radical (unpaired) electrons. The highest BCUT2D eigenvalue weighted by molar-refractivity contribution is 6.30. The molecule has 0 fully saturated rings. The Morgan fingerprint density at radius 2 is 1.88 bits per heavy atom. The number of aryl methyl sites for hydroxylation is 2. The number of ether oxygens (including phenoxy) is 1. The van der Waals surface area contributed by atoms with E-state index in [4.69, 9.17) is 16.3 Å². The molecule has 0 aliphatic heterocycles. The van der Waals surface area contributed by atoms with Gasteiger partial charge in [-0.2, -0.15) is 0 Å². The molecule has 0 aliphatic rings. The minimum atomic E-state index is -0.755. The zero-order valence-electron chi connectivity index (χ0n) is 13.4. The molecular weight excluding hydrogens is 351 g/mol. The lowest BCUT2D eigenvalue weighted by atomic mass is 10.0. The molecule has 132 valence electrons. The average molecular weight is 367 g/mol. The van der Waals surface area contributed by atoms with Gasteiger partial charge in [-0.05, 0) is 49.1 Å². The third-order valence-electron chi connectivity index (χ3n) is 3.46. The van der Waals surface area contributed by atoms with Gasteiger partial charge in [0.1, 0.15) is 11.5 Å². The van der Waals surface area contributed by atoms with Crippen LogP contribution >= 0.6 is 11.6 Å². The first-order valence-electron chi connectivity index (χ1n) is 7.55. The summed E-state index contributed by atoms with van der Waals surface area (Å²) in [6.45, 7) is 1.80. The zero-order valence-corrected chi connectivity index (χ0v) is 14.2.